The van der Waals surface area contributed by atoms with Gasteiger partial charge in [-0.05, 0) is 43.6 Å². The number of hydrogen-bond acceptors (Lipinski definition) is 0. The first kappa shape index (κ1) is 11.8. The first-order chi connectivity index (χ1) is 8.59. The van der Waals surface area contributed by atoms with Crippen molar-refractivity contribution in [3.05, 3.63) is 53.6 Å². The summed E-state index contributed by atoms with van der Waals surface area (Å²) in [6.45, 7) is 8.88. The zero-order chi connectivity index (χ0) is 12.8. The smallest absolute Gasteiger partial charge is 0.00942 e. The number of rotatable bonds is 2. The van der Waals surface area contributed by atoms with E-state index in [2.05, 4.69) is 56.8 Å². The largest absolute Gasteiger partial charge is 0.0987 e. The van der Waals surface area contributed by atoms with Gasteiger partial charge in [0.15, 0.2) is 0 Å². The van der Waals surface area contributed by atoms with Crippen molar-refractivity contribution in [1.82, 2.24) is 0 Å². The van der Waals surface area contributed by atoms with Crippen LogP contribution in [0.4, 0.5) is 0 Å². The molecular weight excluding hydrogens is 216 g/mol. The first-order valence-electron chi connectivity index (χ1n) is 7.05. The van der Waals surface area contributed by atoms with Crippen molar-refractivity contribution in [3.63, 3.8) is 0 Å². The average Bonchev–Trinajstić information content (AvgIpc) is 2.93. The molecule has 0 aliphatic heterocycles. The minimum Gasteiger partial charge on any atom is -0.0987 e. The Morgan fingerprint density at radius 1 is 1.22 bits per heavy atom. The summed E-state index contributed by atoms with van der Waals surface area (Å²) in [5.74, 6) is 1.62. The molecule has 1 aromatic rings. The highest BCUT2D eigenvalue weighted by Gasteiger charge is 2.49. The third-order valence-corrected chi connectivity index (χ3v) is 5.16. The Morgan fingerprint density at radius 2 is 1.94 bits per heavy atom. The number of fused-ring (bicyclic) bond motifs is 2. The molecule has 0 heterocycles. The second-order valence-corrected chi connectivity index (χ2v) is 6.26. The highest BCUT2D eigenvalue weighted by Crippen LogP contribution is 2.59. The van der Waals surface area contributed by atoms with Crippen LogP contribution in [0.1, 0.15) is 37.3 Å². The van der Waals surface area contributed by atoms with E-state index >= 15 is 0 Å². The summed E-state index contributed by atoms with van der Waals surface area (Å²) in [6, 6.07) is 8.76. The molecule has 0 N–H and O–H groups in total. The number of hydrogen-bond donors (Lipinski definition) is 0. The molecule has 2 saturated carbocycles. The first-order valence-corrected chi connectivity index (χ1v) is 7.05. The van der Waals surface area contributed by atoms with E-state index in [9.17, 15) is 0 Å². The molecule has 2 fully saturated rings. The van der Waals surface area contributed by atoms with Crippen LogP contribution < -0.4 is 0 Å². The maximum Gasteiger partial charge on any atom is 0.00942 e. The van der Waals surface area contributed by atoms with E-state index in [4.69, 9.17) is 0 Å². The van der Waals surface area contributed by atoms with Crippen molar-refractivity contribution in [2.75, 3.05) is 0 Å². The lowest BCUT2D eigenvalue weighted by Gasteiger charge is -2.33. The van der Waals surface area contributed by atoms with E-state index in [-0.39, 0.29) is 5.41 Å². The van der Waals surface area contributed by atoms with E-state index < -0.39 is 0 Å². The van der Waals surface area contributed by atoms with Crippen molar-refractivity contribution in [2.24, 2.45) is 17.3 Å². The van der Waals surface area contributed by atoms with E-state index in [1.54, 1.807) is 0 Å². The Labute approximate surface area is 110 Å². The fourth-order valence-electron chi connectivity index (χ4n) is 3.73. The second kappa shape index (κ2) is 4.12. The summed E-state index contributed by atoms with van der Waals surface area (Å²) in [7, 11) is 0. The van der Waals surface area contributed by atoms with Gasteiger partial charge < -0.3 is 0 Å². The van der Waals surface area contributed by atoms with Gasteiger partial charge in [0.25, 0.3) is 0 Å². The summed E-state index contributed by atoms with van der Waals surface area (Å²) < 4.78 is 0. The summed E-state index contributed by atoms with van der Waals surface area (Å²) in [5, 5.41) is 0. The molecule has 3 unspecified atom stereocenters. The second-order valence-electron chi connectivity index (χ2n) is 6.26. The van der Waals surface area contributed by atoms with Gasteiger partial charge in [-0.3, -0.25) is 0 Å². The Balaban J connectivity index is 1.84. The lowest BCUT2D eigenvalue weighted by atomic mass is 9.71. The zero-order valence-corrected chi connectivity index (χ0v) is 11.4. The van der Waals surface area contributed by atoms with Gasteiger partial charge in [0.05, 0.1) is 0 Å². The van der Waals surface area contributed by atoms with Gasteiger partial charge in [-0.25, -0.2) is 0 Å². The summed E-state index contributed by atoms with van der Waals surface area (Å²) >= 11 is 0. The predicted octanol–water partition coefficient (Wildman–Crippen LogP) is 5.00. The molecule has 0 nitrogen and oxygen atoms in total. The van der Waals surface area contributed by atoms with Crippen molar-refractivity contribution in [1.29, 1.82) is 0 Å². The Bertz CT molecular complexity index is 491. The van der Waals surface area contributed by atoms with Crippen LogP contribution in [0.3, 0.4) is 0 Å². The van der Waals surface area contributed by atoms with Crippen molar-refractivity contribution >= 4 is 6.08 Å². The molecule has 0 aromatic heterocycles. The molecule has 0 saturated heterocycles. The van der Waals surface area contributed by atoms with E-state index in [0.717, 1.165) is 11.8 Å². The maximum atomic E-state index is 4.37. The van der Waals surface area contributed by atoms with E-state index in [0.29, 0.717) is 0 Å². The fraction of sp³-hybridized carbons (Fsp3) is 0.444. The van der Waals surface area contributed by atoms with Crippen molar-refractivity contribution in [3.8, 4) is 0 Å². The van der Waals surface area contributed by atoms with Crippen LogP contribution in [0.2, 0.25) is 0 Å². The molecular formula is C18H22. The predicted molar refractivity (Wildman–Crippen MR) is 78.3 cm³/mol. The van der Waals surface area contributed by atoms with Gasteiger partial charge in [0.2, 0.25) is 0 Å². The quantitative estimate of drug-likeness (QED) is 0.636. The van der Waals surface area contributed by atoms with E-state index in [1.165, 1.54) is 36.0 Å². The minimum absolute atomic E-state index is 0.244. The molecule has 18 heavy (non-hydrogen) atoms. The zero-order valence-electron chi connectivity index (χ0n) is 11.4. The standard InChI is InChI=1S/C18H22/c1-13-4-6-15(7-5-13)10-11-18(3)14(2)16-8-9-17(18)12-16/h4-7,10-11,16-17H,2,8-9,12H2,1,3H3. The van der Waals surface area contributed by atoms with Crippen LogP contribution >= 0.6 is 0 Å². The molecule has 0 amide bonds. The van der Waals surface area contributed by atoms with Gasteiger partial charge in [-0.2, -0.15) is 0 Å². The van der Waals surface area contributed by atoms with Gasteiger partial charge in [0.1, 0.15) is 0 Å². The normalized spacial score (nSPS) is 34.7. The topological polar surface area (TPSA) is 0 Å². The number of allylic oxidation sites excluding steroid dienone is 2. The SMILES string of the molecule is C=C1C2CCC(C2)C1(C)C=Cc1ccc(C)cc1. The summed E-state index contributed by atoms with van der Waals surface area (Å²) in [4.78, 5) is 0. The molecule has 0 spiro atoms. The van der Waals surface area contributed by atoms with Crippen LogP contribution in [0.25, 0.3) is 6.08 Å². The lowest BCUT2D eigenvalue weighted by Crippen LogP contribution is -2.23. The minimum atomic E-state index is 0.244. The Morgan fingerprint density at radius 3 is 2.56 bits per heavy atom. The Hall–Kier alpha value is -1.30. The van der Waals surface area contributed by atoms with Crippen LogP contribution in [0.15, 0.2) is 42.5 Å². The summed E-state index contributed by atoms with van der Waals surface area (Å²) in [6.07, 6.45) is 8.82. The van der Waals surface area contributed by atoms with Gasteiger partial charge in [-0.15, -0.1) is 0 Å². The molecule has 2 bridgehead atoms. The van der Waals surface area contributed by atoms with E-state index in [1.807, 2.05) is 0 Å². The average molecular weight is 238 g/mol. The van der Waals surface area contributed by atoms with Crippen molar-refractivity contribution in [2.45, 2.75) is 33.1 Å². The molecule has 2 aliphatic carbocycles. The molecule has 1 aromatic carbocycles. The highest BCUT2D eigenvalue weighted by atomic mass is 14.5. The molecule has 3 atom stereocenters. The summed E-state index contributed by atoms with van der Waals surface area (Å²) in [5.41, 5.74) is 4.34. The molecule has 94 valence electrons. The molecule has 0 heteroatoms. The lowest BCUT2D eigenvalue weighted by molar-refractivity contribution is 0.334. The van der Waals surface area contributed by atoms with Crippen LogP contribution in [-0.2, 0) is 0 Å². The van der Waals surface area contributed by atoms with Gasteiger partial charge >= 0.3 is 0 Å². The number of aryl methyl sites for hydroxylation is 1. The van der Waals surface area contributed by atoms with Gasteiger partial charge in [-0.1, -0.05) is 61.1 Å². The maximum absolute atomic E-state index is 4.37. The van der Waals surface area contributed by atoms with Crippen LogP contribution in [-0.4, -0.2) is 0 Å². The third kappa shape index (κ3) is 1.75. The number of benzene rings is 1. The third-order valence-electron chi connectivity index (χ3n) is 5.16. The van der Waals surface area contributed by atoms with Crippen LogP contribution in [0, 0.1) is 24.2 Å². The fourth-order valence-corrected chi connectivity index (χ4v) is 3.73. The van der Waals surface area contributed by atoms with Gasteiger partial charge in [0, 0.05) is 5.41 Å². The van der Waals surface area contributed by atoms with Crippen molar-refractivity contribution < 1.29 is 0 Å². The molecule has 0 radical (unpaired) electrons. The molecule has 3 rings (SSSR count). The Kier molecular flexibility index (Phi) is 2.69. The monoisotopic (exact) mass is 238 g/mol. The highest BCUT2D eigenvalue weighted by molar-refractivity contribution is 5.52. The molecule has 2 aliphatic rings. The van der Waals surface area contributed by atoms with Crippen LogP contribution in [0.5, 0.6) is 0 Å².